The van der Waals surface area contributed by atoms with Crippen molar-refractivity contribution in [3.05, 3.63) is 71.8 Å². The van der Waals surface area contributed by atoms with Crippen molar-refractivity contribution in [2.24, 2.45) is 0 Å². The van der Waals surface area contributed by atoms with Crippen LogP contribution >= 0.6 is 11.8 Å². The highest BCUT2D eigenvalue weighted by atomic mass is 32.2. The van der Waals surface area contributed by atoms with E-state index in [0.717, 1.165) is 51.8 Å². The molecular formula is C25H27N3O2S. The molecule has 1 aliphatic carbocycles. The van der Waals surface area contributed by atoms with Crippen molar-refractivity contribution in [2.75, 3.05) is 7.11 Å². The average molecular weight is 434 g/mol. The Morgan fingerprint density at radius 2 is 1.84 bits per heavy atom. The Hall–Kier alpha value is -2.86. The van der Waals surface area contributed by atoms with E-state index in [1.807, 2.05) is 60.7 Å². The molecule has 0 saturated heterocycles. The number of methoxy groups -OCH3 is 1. The molecule has 1 N–H and O–H groups in total. The molecule has 3 aromatic rings. The maximum Gasteiger partial charge on any atom is 0.251 e. The van der Waals surface area contributed by atoms with Crippen LogP contribution in [0, 0.1) is 0 Å². The van der Waals surface area contributed by atoms with Crippen molar-refractivity contribution in [3.63, 3.8) is 0 Å². The minimum absolute atomic E-state index is 0.0300. The van der Waals surface area contributed by atoms with Gasteiger partial charge in [-0.1, -0.05) is 43.2 Å². The van der Waals surface area contributed by atoms with Gasteiger partial charge in [-0.25, -0.2) is 0 Å². The van der Waals surface area contributed by atoms with Crippen molar-refractivity contribution >= 4 is 17.7 Å². The van der Waals surface area contributed by atoms with Gasteiger partial charge in [0.2, 0.25) is 0 Å². The maximum absolute atomic E-state index is 12.6. The van der Waals surface area contributed by atoms with Gasteiger partial charge in [-0.2, -0.15) is 0 Å². The van der Waals surface area contributed by atoms with Gasteiger partial charge in [0.25, 0.3) is 5.91 Å². The number of rotatable bonds is 7. The van der Waals surface area contributed by atoms with Crippen LogP contribution in [0.5, 0.6) is 5.75 Å². The quantitative estimate of drug-likeness (QED) is 0.498. The van der Waals surface area contributed by atoms with Crippen LogP contribution in [0.25, 0.3) is 11.3 Å². The molecule has 0 bridgehead atoms. The molecule has 160 valence electrons. The maximum atomic E-state index is 12.6. The second-order valence-electron chi connectivity index (χ2n) is 7.78. The number of nitrogens with zero attached hydrogens (tertiary/aromatic N) is 2. The third kappa shape index (κ3) is 5.85. The SMILES string of the molecule is COc1ccc(-c2ccc(SCc3cccc(C(=O)NC4CCCCC4)c3)nn2)cc1. The first-order valence-corrected chi connectivity index (χ1v) is 11.7. The molecule has 1 saturated carbocycles. The molecule has 0 spiro atoms. The van der Waals surface area contributed by atoms with Gasteiger partial charge in [-0.15, -0.1) is 10.2 Å². The first kappa shape index (κ1) is 21.4. The summed E-state index contributed by atoms with van der Waals surface area (Å²) in [6.45, 7) is 0. The fourth-order valence-corrected chi connectivity index (χ4v) is 4.54. The summed E-state index contributed by atoms with van der Waals surface area (Å²) in [5.41, 5.74) is 3.65. The summed E-state index contributed by atoms with van der Waals surface area (Å²) in [5.74, 6) is 1.59. The van der Waals surface area contributed by atoms with Crippen LogP contribution in [-0.2, 0) is 5.75 Å². The van der Waals surface area contributed by atoms with Crippen LogP contribution in [0.3, 0.4) is 0 Å². The Labute approximate surface area is 187 Å². The minimum Gasteiger partial charge on any atom is -0.497 e. The molecule has 1 fully saturated rings. The lowest BCUT2D eigenvalue weighted by molar-refractivity contribution is 0.0927. The van der Waals surface area contributed by atoms with Gasteiger partial charge >= 0.3 is 0 Å². The van der Waals surface area contributed by atoms with E-state index in [4.69, 9.17) is 4.74 Å². The number of carbonyl (C=O) groups excluding carboxylic acids is 1. The predicted octanol–water partition coefficient (Wildman–Crippen LogP) is 5.51. The van der Waals surface area contributed by atoms with Crippen LogP contribution in [0.1, 0.15) is 48.0 Å². The van der Waals surface area contributed by atoms with E-state index in [2.05, 4.69) is 15.5 Å². The van der Waals surface area contributed by atoms with Gasteiger partial charge < -0.3 is 10.1 Å². The number of ether oxygens (including phenoxy) is 1. The van der Waals surface area contributed by atoms with E-state index in [9.17, 15) is 4.79 Å². The van der Waals surface area contributed by atoms with E-state index in [-0.39, 0.29) is 5.91 Å². The van der Waals surface area contributed by atoms with Gasteiger partial charge in [0, 0.05) is 22.9 Å². The van der Waals surface area contributed by atoms with Crippen molar-refractivity contribution in [1.82, 2.24) is 15.5 Å². The Bertz CT molecular complexity index is 1000. The van der Waals surface area contributed by atoms with Gasteiger partial charge in [0.05, 0.1) is 12.8 Å². The Kier molecular flexibility index (Phi) is 7.20. The number of hydrogen-bond acceptors (Lipinski definition) is 5. The molecule has 6 heteroatoms. The number of aromatic nitrogens is 2. The highest BCUT2D eigenvalue weighted by Crippen LogP contribution is 2.25. The zero-order valence-electron chi connectivity index (χ0n) is 17.7. The number of hydrogen-bond donors (Lipinski definition) is 1. The summed E-state index contributed by atoms with van der Waals surface area (Å²) in [6, 6.07) is 19.9. The highest BCUT2D eigenvalue weighted by molar-refractivity contribution is 7.98. The topological polar surface area (TPSA) is 64.1 Å². The Balaban J connectivity index is 1.34. The largest absolute Gasteiger partial charge is 0.497 e. The summed E-state index contributed by atoms with van der Waals surface area (Å²) < 4.78 is 5.19. The zero-order chi connectivity index (χ0) is 21.5. The molecule has 0 atom stereocenters. The van der Waals surface area contributed by atoms with Gasteiger partial charge in [0.15, 0.2) is 0 Å². The first-order valence-electron chi connectivity index (χ1n) is 10.7. The second kappa shape index (κ2) is 10.4. The fourth-order valence-electron chi connectivity index (χ4n) is 3.79. The monoisotopic (exact) mass is 433 g/mol. The molecule has 0 aliphatic heterocycles. The lowest BCUT2D eigenvalue weighted by atomic mass is 9.95. The van der Waals surface area contributed by atoms with E-state index < -0.39 is 0 Å². The molecule has 0 radical (unpaired) electrons. The lowest BCUT2D eigenvalue weighted by Crippen LogP contribution is -2.36. The summed E-state index contributed by atoms with van der Waals surface area (Å²) in [4.78, 5) is 12.6. The summed E-state index contributed by atoms with van der Waals surface area (Å²) in [7, 11) is 1.65. The van der Waals surface area contributed by atoms with Crippen LogP contribution < -0.4 is 10.1 Å². The smallest absolute Gasteiger partial charge is 0.251 e. The number of carbonyl (C=O) groups is 1. The number of thioether (sulfide) groups is 1. The predicted molar refractivity (Wildman–Crippen MR) is 124 cm³/mol. The van der Waals surface area contributed by atoms with Crippen molar-refractivity contribution < 1.29 is 9.53 Å². The summed E-state index contributed by atoms with van der Waals surface area (Å²) in [5, 5.41) is 12.7. The first-order chi connectivity index (χ1) is 15.2. The molecule has 0 unspecified atom stereocenters. The fraction of sp³-hybridized carbons (Fsp3) is 0.320. The minimum atomic E-state index is 0.0300. The van der Waals surface area contributed by atoms with Crippen LogP contribution in [0.4, 0.5) is 0 Å². The van der Waals surface area contributed by atoms with Crippen molar-refractivity contribution in [2.45, 2.75) is 48.9 Å². The third-order valence-electron chi connectivity index (χ3n) is 5.54. The second-order valence-corrected chi connectivity index (χ2v) is 8.78. The Morgan fingerprint density at radius 1 is 1.03 bits per heavy atom. The molecule has 1 amide bonds. The van der Waals surface area contributed by atoms with Crippen LogP contribution in [-0.4, -0.2) is 29.3 Å². The van der Waals surface area contributed by atoms with Crippen molar-refractivity contribution in [1.29, 1.82) is 0 Å². The molecule has 5 nitrogen and oxygen atoms in total. The molecule has 4 rings (SSSR count). The van der Waals surface area contributed by atoms with Gasteiger partial charge in [0.1, 0.15) is 10.8 Å². The van der Waals surface area contributed by atoms with E-state index >= 15 is 0 Å². The van der Waals surface area contributed by atoms with Gasteiger partial charge in [-0.05, 0) is 66.9 Å². The molecule has 1 heterocycles. The number of nitrogens with one attached hydrogen (secondary N) is 1. The average Bonchev–Trinajstić information content (AvgIpc) is 2.84. The number of benzene rings is 2. The van der Waals surface area contributed by atoms with Crippen LogP contribution in [0.2, 0.25) is 0 Å². The molecule has 2 aromatic carbocycles. The normalized spacial score (nSPS) is 14.2. The summed E-state index contributed by atoms with van der Waals surface area (Å²) >= 11 is 1.61. The van der Waals surface area contributed by atoms with E-state index in [1.165, 1.54) is 19.3 Å². The van der Waals surface area contributed by atoms with Gasteiger partial charge in [-0.3, -0.25) is 4.79 Å². The van der Waals surface area contributed by atoms with Crippen molar-refractivity contribution in [3.8, 4) is 17.0 Å². The molecule has 1 aromatic heterocycles. The molecule has 31 heavy (non-hydrogen) atoms. The number of amides is 1. The van der Waals surface area contributed by atoms with Crippen LogP contribution in [0.15, 0.2) is 65.7 Å². The van der Waals surface area contributed by atoms with E-state index in [1.54, 1.807) is 18.9 Å². The molecular weight excluding hydrogens is 406 g/mol. The third-order valence-corrected chi connectivity index (χ3v) is 6.53. The van der Waals surface area contributed by atoms with E-state index in [0.29, 0.717) is 6.04 Å². The molecule has 1 aliphatic rings. The Morgan fingerprint density at radius 3 is 2.55 bits per heavy atom. The lowest BCUT2D eigenvalue weighted by Gasteiger charge is -2.22. The standard InChI is InChI=1S/C25H27N3O2S/c1-30-22-12-10-19(11-13-22)23-14-15-24(28-27-23)31-17-18-6-5-7-20(16-18)25(29)26-21-8-3-2-4-9-21/h5-7,10-16,21H,2-4,8-9,17H2,1H3,(H,26,29). The summed E-state index contributed by atoms with van der Waals surface area (Å²) in [6.07, 6.45) is 5.88. The zero-order valence-corrected chi connectivity index (χ0v) is 18.5. The highest BCUT2D eigenvalue weighted by Gasteiger charge is 2.16.